The number of aryl methyl sites for hydroxylation is 1. The number of rotatable bonds is 3. The number of anilines is 1. The number of hydrogen-bond acceptors (Lipinski definition) is 4. The Morgan fingerprint density at radius 1 is 1.35 bits per heavy atom. The monoisotopic (exact) mass is 312 g/mol. The Labute approximate surface area is 113 Å². The van der Waals surface area contributed by atoms with Gasteiger partial charge in [-0.2, -0.15) is 0 Å². The Balaban J connectivity index is 2.13. The Morgan fingerprint density at radius 2 is 2.18 bits per heavy atom. The molecular formula is C11H10BrClN4. The maximum Gasteiger partial charge on any atom is 0.148 e. The minimum atomic E-state index is 0.389. The molecule has 0 fully saturated rings. The fourth-order valence-electron chi connectivity index (χ4n) is 1.34. The molecule has 2 aromatic heterocycles. The molecule has 2 heterocycles. The van der Waals surface area contributed by atoms with Crippen molar-refractivity contribution in [1.82, 2.24) is 15.0 Å². The maximum absolute atomic E-state index is 5.87. The third-order valence-electron chi connectivity index (χ3n) is 2.29. The van der Waals surface area contributed by atoms with Crippen molar-refractivity contribution in [3.8, 4) is 0 Å². The number of aromatic nitrogens is 3. The molecule has 0 aliphatic carbocycles. The van der Waals surface area contributed by atoms with Crippen molar-refractivity contribution < 1.29 is 0 Å². The molecule has 0 aliphatic rings. The van der Waals surface area contributed by atoms with Crippen LogP contribution in [-0.2, 0) is 6.54 Å². The number of nitrogens with one attached hydrogen (secondary N) is 1. The molecular weight excluding hydrogens is 304 g/mol. The molecule has 88 valence electrons. The van der Waals surface area contributed by atoms with Crippen LogP contribution < -0.4 is 5.32 Å². The van der Waals surface area contributed by atoms with Crippen LogP contribution in [0.3, 0.4) is 0 Å². The first kappa shape index (κ1) is 12.3. The van der Waals surface area contributed by atoms with E-state index in [4.69, 9.17) is 11.6 Å². The van der Waals surface area contributed by atoms with Gasteiger partial charge >= 0.3 is 0 Å². The van der Waals surface area contributed by atoms with Gasteiger partial charge < -0.3 is 5.32 Å². The summed E-state index contributed by atoms with van der Waals surface area (Å²) in [4.78, 5) is 12.3. The van der Waals surface area contributed by atoms with Crippen molar-refractivity contribution in [2.75, 3.05) is 5.32 Å². The second-order valence-corrected chi connectivity index (χ2v) is 4.60. The summed E-state index contributed by atoms with van der Waals surface area (Å²) in [5.41, 5.74) is 2.12. The first-order valence-electron chi connectivity index (χ1n) is 4.99. The van der Waals surface area contributed by atoms with Gasteiger partial charge in [-0.3, -0.25) is 4.98 Å². The molecule has 1 N–H and O–H groups in total. The summed E-state index contributed by atoms with van der Waals surface area (Å²) < 4.78 is 0.662. The predicted octanol–water partition coefficient (Wildman–Crippen LogP) is 3.21. The van der Waals surface area contributed by atoms with Crippen LogP contribution in [0, 0.1) is 6.92 Å². The van der Waals surface area contributed by atoms with E-state index in [1.807, 2.05) is 19.1 Å². The topological polar surface area (TPSA) is 50.7 Å². The van der Waals surface area contributed by atoms with E-state index >= 15 is 0 Å². The molecule has 0 bridgehead atoms. The van der Waals surface area contributed by atoms with Gasteiger partial charge in [-0.05, 0) is 34.5 Å². The van der Waals surface area contributed by atoms with E-state index < -0.39 is 0 Å². The molecule has 17 heavy (non-hydrogen) atoms. The smallest absolute Gasteiger partial charge is 0.148 e. The van der Waals surface area contributed by atoms with Gasteiger partial charge in [0.15, 0.2) is 0 Å². The SMILES string of the molecule is Cc1cccnc1CNc1ncnc(Cl)c1Br. The zero-order valence-electron chi connectivity index (χ0n) is 9.11. The molecule has 4 nitrogen and oxygen atoms in total. The number of halogens is 2. The van der Waals surface area contributed by atoms with Gasteiger partial charge in [-0.15, -0.1) is 0 Å². The highest BCUT2D eigenvalue weighted by atomic mass is 79.9. The van der Waals surface area contributed by atoms with Crippen LogP contribution in [0.25, 0.3) is 0 Å². The average molecular weight is 314 g/mol. The molecule has 2 rings (SSSR count). The van der Waals surface area contributed by atoms with E-state index in [0.717, 1.165) is 11.3 Å². The molecule has 0 unspecified atom stereocenters. The van der Waals surface area contributed by atoms with Gasteiger partial charge in [0.1, 0.15) is 17.3 Å². The third-order valence-corrected chi connectivity index (χ3v) is 3.55. The van der Waals surface area contributed by atoms with Crippen molar-refractivity contribution in [3.05, 3.63) is 45.5 Å². The lowest BCUT2D eigenvalue weighted by Gasteiger charge is -2.08. The van der Waals surface area contributed by atoms with Crippen LogP contribution in [0.2, 0.25) is 5.15 Å². The number of nitrogens with zero attached hydrogens (tertiary/aromatic N) is 3. The Kier molecular flexibility index (Phi) is 3.91. The van der Waals surface area contributed by atoms with Crippen molar-refractivity contribution in [1.29, 1.82) is 0 Å². The minimum Gasteiger partial charge on any atom is -0.363 e. The average Bonchev–Trinajstić information content (AvgIpc) is 2.33. The molecule has 0 radical (unpaired) electrons. The van der Waals surface area contributed by atoms with E-state index in [9.17, 15) is 0 Å². The van der Waals surface area contributed by atoms with E-state index in [2.05, 4.69) is 36.2 Å². The molecule has 0 saturated heterocycles. The lowest BCUT2D eigenvalue weighted by Crippen LogP contribution is -2.05. The van der Waals surface area contributed by atoms with Crippen molar-refractivity contribution >= 4 is 33.3 Å². The molecule has 0 spiro atoms. The van der Waals surface area contributed by atoms with E-state index in [1.54, 1.807) is 6.20 Å². The van der Waals surface area contributed by atoms with Gasteiger partial charge in [0.2, 0.25) is 0 Å². The summed E-state index contributed by atoms with van der Waals surface area (Å²) >= 11 is 9.21. The summed E-state index contributed by atoms with van der Waals surface area (Å²) in [6.07, 6.45) is 3.19. The Morgan fingerprint density at radius 3 is 2.94 bits per heavy atom. The van der Waals surface area contributed by atoms with Crippen molar-refractivity contribution in [2.24, 2.45) is 0 Å². The third kappa shape index (κ3) is 2.92. The largest absolute Gasteiger partial charge is 0.363 e. The van der Waals surface area contributed by atoms with Gasteiger partial charge in [0.05, 0.1) is 16.7 Å². The van der Waals surface area contributed by atoms with Crippen LogP contribution in [0.4, 0.5) is 5.82 Å². The van der Waals surface area contributed by atoms with Gasteiger partial charge in [0, 0.05) is 6.20 Å². The van der Waals surface area contributed by atoms with Gasteiger partial charge in [0.25, 0.3) is 0 Å². The lowest BCUT2D eigenvalue weighted by atomic mass is 10.2. The van der Waals surface area contributed by atoms with E-state index in [0.29, 0.717) is 22.0 Å². The van der Waals surface area contributed by atoms with Crippen molar-refractivity contribution in [2.45, 2.75) is 13.5 Å². The van der Waals surface area contributed by atoms with E-state index in [1.165, 1.54) is 6.33 Å². The fourth-order valence-corrected chi connectivity index (χ4v) is 1.82. The standard InChI is InChI=1S/C11H10BrClN4/c1-7-3-2-4-14-8(7)5-15-11-9(12)10(13)16-6-17-11/h2-4,6H,5H2,1H3,(H,15,16,17). The normalized spacial score (nSPS) is 10.3. The number of pyridine rings is 1. The molecule has 0 atom stereocenters. The van der Waals surface area contributed by atoms with Crippen LogP contribution >= 0.6 is 27.5 Å². The summed E-state index contributed by atoms with van der Waals surface area (Å²) in [5.74, 6) is 0.662. The van der Waals surface area contributed by atoms with Crippen LogP contribution in [0.15, 0.2) is 29.1 Å². The molecule has 0 amide bonds. The van der Waals surface area contributed by atoms with Crippen LogP contribution in [-0.4, -0.2) is 15.0 Å². The van der Waals surface area contributed by atoms with Crippen molar-refractivity contribution in [3.63, 3.8) is 0 Å². The lowest BCUT2D eigenvalue weighted by molar-refractivity contribution is 0.995. The molecule has 0 aliphatic heterocycles. The first-order valence-corrected chi connectivity index (χ1v) is 6.16. The molecule has 0 saturated carbocycles. The van der Waals surface area contributed by atoms with Crippen LogP contribution in [0.1, 0.15) is 11.3 Å². The quantitative estimate of drug-likeness (QED) is 0.884. The molecule has 2 aromatic rings. The molecule has 0 aromatic carbocycles. The summed E-state index contributed by atoms with van der Waals surface area (Å²) in [7, 11) is 0. The zero-order valence-corrected chi connectivity index (χ0v) is 11.5. The summed E-state index contributed by atoms with van der Waals surface area (Å²) in [6.45, 7) is 2.62. The summed E-state index contributed by atoms with van der Waals surface area (Å²) in [6, 6.07) is 3.93. The zero-order chi connectivity index (χ0) is 12.3. The fraction of sp³-hybridized carbons (Fsp3) is 0.182. The number of hydrogen-bond donors (Lipinski definition) is 1. The maximum atomic E-state index is 5.87. The highest BCUT2D eigenvalue weighted by molar-refractivity contribution is 9.10. The molecule has 6 heteroatoms. The van der Waals surface area contributed by atoms with E-state index in [-0.39, 0.29) is 0 Å². The summed E-state index contributed by atoms with van der Waals surface area (Å²) in [5, 5.41) is 3.56. The van der Waals surface area contributed by atoms with Gasteiger partial charge in [-0.1, -0.05) is 17.7 Å². The highest BCUT2D eigenvalue weighted by Gasteiger charge is 2.07. The second-order valence-electron chi connectivity index (χ2n) is 3.45. The predicted molar refractivity (Wildman–Crippen MR) is 71.0 cm³/mol. The first-order chi connectivity index (χ1) is 8.18. The Bertz CT molecular complexity index is 533. The minimum absolute atomic E-state index is 0.389. The Hall–Kier alpha value is -1.20. The second kappa shape index (κ2) is 5.42. The van der Waals surface area contributed by atoms with Crippen LogP contribution in [0.5, 0.6) is 0 Å². The highest BCUT2D eigenvalue weighted by Crippen LogP contribution is 2.26. The van der Waals surface area contributed by atoms with Gasteiger partial charge in [-0.25, -0.2) is 9.97 Å².